The van der Waals surface area contributed by atoms with Gasteiger partial charge in [-0.1, -0.05) is 60.8 Å². The van der Waals surface area contributed by atoms with Crippen LogP contribution in [0.25, 0.3) is 0 Å². The van der Waals surface area contributed by atoms with Crippen LogP contribution in [0.1, 0.15) is 12.8 Å². The molecule has 2 atom stereocenters. The van der Waals surface area contributed by atoms with E-state index in [-0.39, 0.29) is 5.92 Å². The summed E-state index contributed by atoms with van der Waals surface area (Å²) in [7, 11) is 0. The summed E-state index contributed by atoms with van der Waals surface area (Å²) in [4.78, 5) is 10.8. The third-order valence-electron chi connectivity index (χ3n) is 2.78. The molecule has 0 spiro atoms. The van der Waals surface area contributed by atoms with Crippen molar-refractivity contribution in [2.45, 2.75) is 18.9 Å². The predicted octanol–water partition coefficient (Wildman–Crippen LogP) is 2.59. The van der Waals surface area contributed by atoms with Crippen molar-refractivity contribution < 1.29 is 9.90 Å². The fraction of sp³-hybridized carbons (Fsp3) is 0.267. The van der Waals surface area contributed by atoms with Crippen molar-refractivity contribution in [1.82, 2.24) is 0 Å². The lowest BCUT2D eigenvalue weighted by Crippen LogP contribution is -2.31. The molecule has 1 aliphatic rings. The van der Waals surface area contributed by atoms with E-state index in [0.717, 1.165) is 12.0 Å². The fourth-order valence-corrected chi connectivity index (χ4v) is 1.82. The summed E-state index contributed by atoms with van der Waals surface area (Å²) in [6.45, 7) is 3.67. The highest BCUT2D eigenvalue weighted by atomic mass is 16.4. The molecule has 18 heavy (non-hydrogen) atoms. The quantitative estimate of drug-likeness (QED) is 0.732. The molecule has 1 aliphatic carbocycles. The first-order valence-corrected chi connectivity index (χ1v) is 5.95. The molecule has 96 valence electrons. The molecule has 3 heteroatoms. The average Bonchev–Trinajstić information content (AvgIpc) is 2.27. The van der Waals surface area contributed by atoms with Gasteiger partial charge in [0.25, 0.3) is 0 Å². The SMILES string of the molecule is C=C/C=C(/CC(N)C(=O)O)C1/C=C/C=C\C=C/C1. The van der Waals surface area contributed by atoms with E-state index in [0.29, 0.717) is 6.42 Å². The largest absolute Gasteiger partial charge is 0.480 e. The summed E-state index contributed by atoms with van der Waals surface area (Å²) in [6.07, 6.45) is 16.7. The van der Waals surface area contributed by atoms with Crippen molar-refractivity contribution in [3.8, 4) is 0 Å². The van der Waals surface area contributed by atoms with Crippen molar-refractivity contribution in [3.05, 3.63) is 60.8 Å². The van der Waals surface area contributed by atoms with E-state index < -0.39 is 12.0 Å². The maximum atomic E-state index is 10.8. The summed E-state index contributed by atoms with van der Waals surface area (Å²) in [5.74, 6) is -0.801. The van der Waals surface area contributed by atoms with E-state index in [2.05, 4.69) is 18.7 Å². The minimum absolute atomic E-state index is 0.176. The highest BCUT2D eigenvalue weighted by Crippen LogP contribution is 2.23. The zero-order valence-electron chi connectivity index (χ0n) is 10.3. The number of carboxylic acids is 1. The maximum absolute atomic E-state index is 10.8. The summed E-state index contributed by atoms with van der Waals surface area (Å²) < 4.78 is 0. The van der Waals surface area contributed by atoms with Gasteiger partial charge in [-0.3, -0.25) is 4.79 Å². The first kappa shape index (κ1) is 14.2. The van der Waals surface area contributed by atoms with E-state index in [1.165, 1.54) is 0 Å². The third-order valence-corrected chi connectivity index (χ3v) is 2.78. The average molecular weight is 245 g/mol. The molecule has 0 saturated carbocycles. The van der Waals surface area contributed by atoms with Gasteiger partial charge < -0.3 is 10.8 Å². The number of carboxylic acid groups (broad SMARTS) is 1. The van der Waals surface area contributed by atoms with Crippen LogP contribution in [-0.4, -0.2) is 17.1 Å². The monoisotopic (exact) mass is 245 g/mol. The highest BCUT2D eigenvalue weighted by Gasteiger charge is 2.18. The van der Waals surface area contributed by atoms with Gasteiger partial charge >= 0.3 is 5.97 Å². The number of allylic oxidation sites excluding steroid dienone is 8. The molecule has 0 aromatic carbocycles. The van der Waals surface area contributed by atoms with Gasteiger partial charge in [-0.15, -0.1) is 0 Å². The number of hydrogen-bond donors (Lipinski definition) is 2. The Morgan fingerprint density at radius 1 is 1.44 bits per heavy atom. The lowest BCUT2D eigenvalue weighted by atomic mass is 9.89. The molecule has 0 amide bonds. The van der Waals surface area contributed by atoms with Crippen molar-refractivity contribution >= 4 is 5.97 Å². The van der Waals surface area contributed by atoms with Crippen LogP contribution < -0.4 is 5.73 Å². The number of aliphatic carboxylic acids is 1. The Bertz CT molecular complexity index is 416. The van der Waals surface area contributed by atoms with Crippen LogP contribution in [0.5, 0.6) is 0 Å². The molecular formula is C15H19NO2. The Morgan fingerprint density at radius 2 is 2.17 bits per heavy atom. The van der Waals surface area contributed by atoms with E-state index in [9.17, 15) is 4.79 Å². The number of rotatable bonds is 5. The second-order valence-corrected chi connectivity index (χ2v) is 4.17. The van der Waals surface area contributed by atoms with Gasteiger partial charge in [-0.25, -0.2) is 0 Å². The molecule has 2 unspecified atom stereocenters. The molecular weight excluding hydrogens is 226 g/mol. The van der Waals surface area contributed by atoms with Crippen LogP contribution in [0.4, 0.5) is 0 Å². The molecule has 0 aromatic rings. The van der Waals surface area contributed by atoms with Gasteiger partial charge in [0.05, 0.1) is 0 Å². The Hall–Kier alpha value is -1.87. The second kappa shape index (κ2) is 7.45. The Balaban J connectivity index is 2.84. The predicted molar refractivity (Wildman–Crippen MR) is 74.0 cm³/mol. The molecule has 3 nitrogen and oxygen atoms in total. The van der Waals surface area contributed by atoms with Crippen LogP contribution in [0.15, 0.2) is 60.8 Å². The van der Waals surface area contributed by atoms with E-state index >= 15 is 0 Å². The Kier molecular flexibility index (Phi) is 5.88. The minimum Gasteiger partial charge on any atom is -0.480 e. The number of hydrogen-bond acceptors (Lipinski definition) is 2. The van der Waals surface area contributed by atoms with Crippen molar-refractivity contribution in [3.63, 3.8) is 0 Å². The fourth-order valence-electron chi connectivity index (χ4n) is 1.82. The van der Waals surface area contributed by atoms with Gasteiger partial charge in [0.2, 0.25) is 0 Å². The molecule has 0 aromatic heterocycles. The number of nitrogens with two attached hydrogens (primary N) is 1. The molecule has 0 fully saturated rings. The van der Waals surface area contributed by atoms with Gasteiger partial charge in [-0.05, 0) is 12.8 Å². The van der Waals surface area contributed by atoms with Gasteiger partial charge in [0, 0.05) is 5.92 Å². The van der Waals surface area contributed by atoms with E-state index in [1.54, 1.807) is 6.08 Å². The standard InChI is InChI=1S/C15H19NO2/c1-2-8-13(11-14(16)15(17)18)12-9-6-4-3-5-7-10-12/h2-9,12,14H,1,10-11,16H2,(H,17,18)/b4-3-,7-5-,9-6+,13-8-. The molecule has 1 rings (SSSR count). The summed E-state index contributed by atoms with van der Waals surface area (Å²) in [5, 5.41) is 8.88. The van der Waals surface area contributed by atoms with Crippen LogP contribution >= 0.6 is 0 Å². The molecule has 3 N–H and O–H groups in total. The van der Waals surface area contributed by atoms with Gasteiger partial charge in [0.15, 0.2) is 0 Å². The van der Waals surface area contributed by atoms with Crippen LogP contribution in [0.3, 0.4) is 0 Å². The Morgan fingerprint density at radius 3 is 2.83 bits per heavy atom. The highest BCUT2D eigenvalue weighted by molar-refractivity contribution is 5.73. The van der Waals surface area contributed by atoms with Crippen LogP contribution in [-0.2, 0) is 4.79 Å². The molecule has 0 aliphatic heterocycles. The van der Waals surface area contributed by atoms with Crippen molar-refractivity contribution in [2.75, 3.05) is 0 Å². The van der Waals surface area contributed by atoms with Gasteiger partial charge in [0.1, 0.15) is 6.04 Å². The number of carbonyl (C=O) groups is 1. The molecule has 0 heterocycles. The second-order valence-electron chi connectivity index (χ2n) is 4.17. The maximum Gasteiger partial charge on any atom is 0.320 e. The van der Waals surface area contributed by atoms with Gasteiger partial charge in [-0.2, -0.15) is 0 Å². The third kappa shape index (κ3) is 4.55. The Labute approximate surface area is 108 Å². The first-order valence-electron chi connectivity index (χ1n) is 5.95. The lowest BCUT2D eigenvalue weighted by molar-refractivity contribution is -0.138. The van der Waals surface area contributed by atoms with Crippen LogP contribution in [0.2, 0.25) is 0 Å². The molecule has 0 radical (unpaired) electrons. The zero-order valence-corrected chi connectivity index (χ0v) is 10.3. The zero-order chi connectivity index (χ0) is 13.4. The summed E-state index contributed by atoms with van der Waals surface area (Å²) in [5.41, 5.74) is 6.59. The summed E-state index contributed by atoms with van der Waals surface area (Å²) >= 11 is 0. The topological polar surface area (TPSA) is 63.3 Å². The lowest BCUT2D eigenvalue weighted by Gasteiger charge is -2.18. The minimum atomic E-state index is -0.977. The normalized spacial score (nSPS) is 26.5. The molecule has 0 bridgehead atoms. The van der Waals surface area contributed by atoms with E-state index in [4.69, 9.17) is 10.8 Å². The smallest absolute Gasteiger partial charge is 0.320 e. The molecule has 0 saturated heterocycles. The van der Waals surface area contributed by atoms with Crippen molar-refractivity contribution in [2.24, 2.45) is 11.7 Å². The summed E-state index contributed by atoms with van der Waals surface area (Å²) in [6, 6.07) is -0.866. The van der Waals surface area contributed by atoms with Crippen LogP contribution in [0, 0.1) is 5.92 Å². The van der Waals surface area contributed by atoms with Crippen molar-refractivity contribution in [1.29, 1.82) is 0 Å². The first-order chi connectivity index (χ1) is 8.65. The van der Waals surface area contributed by atoms with E-state index in [1.807, 2.05) is 30.4 Å².